The number of aliphatic hydroxyl groups is 2. The summed E-state index contributed by atoms with van der Waals surface area (Å²) >= 11 is 0. The van der Waals surface area contributed by atoms with E-state index in [0.29, 0.717) is 0 Å². The Morgan fingerprint density at radius 2 is 1.56 bits per heavy atom. The van der Waals surface area contributed by atoms with E-state index in [1.54, 1.807) is 0 Å². The SMILES string of the molecule is C=CC(=O)O.O=C1CCC(=O)O1.OCCO. The molecule has 1 rings (SSSR count). The van der Waals surface area contributed by atoms with Gasteiger partial charge in [0.25, 0.3) is 0 Å². The minimum absolute atomic E-state index is 0.125. The lowest BCUT2D eigenvalue weighted by Crippen LogP contribution is -1.94. The molecule has 0 aromatic rings. The van der Waals surface area contributed by atoms with Crippen molar-refractivity contribution < 1.29 is 34.4 Å². The summed E-state index contributed by atoms with van der Waals surface area (Å²) in [6.45, 7) is 2.71. The van der Waals surface area contributed by atoms with Crippen LogP contribution in [0.3, 0.4) is 0 Å². The van der Waals surface area contributed by atoms with Gasteiger partial charge in [-0.1, -0.05) is 6.58 Å². The molecule has 0 unspecified atom stereocenters. The molecule has 0 aromatic heterocycles. The summed E-state index contributed by atoms with van der Waals surface area (Å²) in [5.41, 5.74) is 0. The summed E-state index contributed by atoms with van der Waals surface area (Å²) in [5, 5.41) is 22.9. The number of carboxylic acid groups (broad SMARTS) is 1. The Balaban J connectivity index is 0. The molecule has 92 valence electrons. The maximum Gasteiger partial charge on any atom is 0.327 e. The van der Waals surface area contributed by atoms with E-state index >= 15 is 0 Å². The van der Waals surface area contributed by atoms with Crippen LogP contribution in [0.15, 0.2) is 12.7 Å². The average Bonchev–Trinajstić information content (AvgIpc) is 2.63. The van der Waals surface area contributed by atoms with Crippen LogP contribution in [0.2, 0.25) is 0 Å². The molecule has 1 aliphatic rings. The predicted octanol–water partition coefficient (Wildman–Crippen LogP) is -0.922. The zero-order chi connectivity index (χ0) is 13.0. The highest BCUT2D eigenvalue weighted by atomic mass is 16.6. The second-order valence-electron chi connectivity index (χ2n) is 2.34. The molecule has 0 radical (unpaired) electrons. The maximum atomic E-state index is 10.0. The van der Waals surface area contributed by atoms with E-state index in [2.05, 4.69) is 11.3 Å². The van der Waals surface area contributed by atoms with E-state index in [9.17, 15) is 14.4 Å². The number of ether oxygens (including phenoxy) is 1. The minimum atomic E-state index is -0.981. The van der Waals surface area contributed by atoms with Gasteiger partial charge in [-0.25, -0.2) is 4.79 Å². The van der Waals surface area contributed by atoms with Gasteiger partial charge in [0.1, 0.15) is 0 Å². The monoisotopic (exact) mass is 234 g/mol. The number of aliphatic hydroxyl groups excluding tert-OH is 2. The zero-order valence-electron chi connectivity index (χ0n) is 8.59. The number of hydrogen-bond donors (Lipinski definition) is 3. The van der Waals surface area contributed by atoms with Crippen molar-refractivity contribution in [2.45, 2.75) is 12.8 Å². The smallest absolute Gasteiger partial charge is 0.327 e. The minimum Gasteiger partial charge on any atom is -0.478 e. The van der Waals surface area contributed by atoms with Crippen LogP contribution < -0.4 is 0 Å². The lowest BCUT2D eigenvalue weighted by Gasteiger charge is -1.79. The Kier molecular flexibility index (Phi) is 11.8. The summed E-state index contributed by atoms with van der Waals surface area (Å²) < 4.78 is 4.08. The summed E-state index contributed by atoms with van der Waals surface area (Å²) in [5.74, 6) is -1.78. The van der Waals surface area contributed by atoms with Crippen LogP contribution in [-0.2, 0) is 19.1 Å². The maximum absolute atomic E-state index is 10.0. The Bertz CT molecular complexity index is 230. The highest BCUT2D eigenvalue weighted by Gasteiger charge is 2.19. The van der Waals surface area contributed by atoms with Crippen molar-refractivity contribution in [1.29, 1.82) is 0 Å². The van der Waals surface area contributed by atoms with E-state index in [1.165, 1.54) is 0 Å². The number of carbonyl (C=O) groups excluding carboxylic acids is 2. The van der Waals surface area contributed by atoms with Gasteiger partial charge in [0.2, 0.25) is 0 Å². The highest BCUT2D eigenvalue weighted by Crippen LogP contribution is 2.03. The van der Waals surface area contributed by atoms with Gasteiger partial charge in [-0.3, -0.25) is 9.59 Å². The van der Waals surface area contributed by atoms with Crippen molar-refractivity contribution in [3.05, 3.63) is 12.7 Å². The van der Waals surface area contributed by atoms with E-state index in [4.69, 9.17) is 15.3 Å². The molecule has 3 N–H and O–H groups in total. The molecular formula is C9H14O7. The molecule has 16 heavy (non-hydrogen) atoms. The number of esters is 2. The molecule has 0 aliphatic carbocycles. The molecule has 7 heteroatoms. The summed E-state index contributed by atoms with van der Waals surface area (Å²) in [6, 6.07) is 0. The number of rotatable bonds is 2. The summed E-state index contributed by atoms with van der Waals surface area (Å²) in [7, 11) is 0. The Morgan fingerprint density at radius 3 is 1.62 bits per heavy atom. The molecular weight excluding hydrogens is 220 g/mol. The first-order chi connectivity index (χ1) is 7.47. The predicted molar refractivity (Wildman–Crippen MR) is 52.3 cm³/mol. The van der Waals surface area contributed by atoms with Crippen molar-refractivity contribution in [3.8, 4) is 0 Å². The topological polar surface area (TPSA) is 121 Å². The molecule has 0 spiro atoms. The van der Waals surface area contributed by atoms with Gasteiger partial charge >= 0.3 is 17.9 Å². The largest absolute Gasteiger partial charge is 0.478 e. The molecule has 1 aliphatic heterocycles. The third-order valence-corrected chi connectivity index (χ3v) is 1.04. The van der Waals surface area contributed by atoms with Gasteiger partial charge in [0.15, 0.2) is 0 Å². The Morgan fingerprint density at radius 1 is 1.25 bits per heavy atom. The number of carbonyl (C=O) groups is 3. The van der Waals surface area contributed by atoms with Crippen LogP contribution in [0.1, 0.15) is 12.8 Å². The van der Waals surface area contributed by atoms with Crippen LogP contribution in [-0.4, -0.2) is 46.4 Å². The fourth-order valence-corrected chi connectivity index (χ4v) is 0.433. The van der Waals surface area contributed by atoms with Gasteiger partial charge < -0.3 is 20.1 Å². The third kappa shape index (κ3) is 14.8. The highest BCUT2D eigenvalue weighted by molar-refractivity contribution is 5.92. The Labute approximate surface area is 92.0 Å². The van der Waals surface area contributed by atoms with Crippen molar-refractivity contribution in [1.82, 2.24) is 0 Å². The van der Waals surface area contributed by atoms with Crippen molar-refractivity contribution in [2.24, 2.45) is 0 Å². The van der Waals surface area contributed by atoms with E-state index < -0.39 is 17.9 Å². The molecule has 0 atom stereocenters. The molecule has 1 fully saturated rings. The van der Waals surface area contributed by atoms with Gasteiger partial charge in [0, 0.05) is 6.08 Å². The number of hydrogen-bond acceptors (Lipinski definition) is 6. The van der Waals surface area contributed by atoms with Gasteiger partial charge in [0.05, 0.1) is 26.1 Å². The standard InChI is InChI=1S/C4H4O3.C3H4O2.C2H6O2/c5-3-1-2-4(6)7-3;1-2-3(4)5;3-1-2-4/h1-2H2;2H,1H2,(H,4,5);3-4H,1-2H2. The molecule has 7 nitrogen and oxygen atoms in total. The summed E-state index contributed by atoms with van der Waals surface area (Å²) in [4.78, 5) is 29.3. The second kappa shape index (κ2) is 11.3. The van der Waals surface area contributed by atoms with Gasteiger partial charge in [-0.2, -0.15) is 0 Å². The first kappa shape index (κ1) is 16.7. The first-order valence-electron chi connectivity index (χ1n) is 4.28. The molecule has 0 saturated carbocycles. The van der Waals surface area contributed by atoms with Crippen molar-refractivity contribution >= 4 is 17.9 Å². The van der Waals surface area contributed by atoms with E-state index in [0.717, 1.165) is 6.08 Å². The van der Waals surface area contributed by atoms with Gasteiger partial charge in [-0.15, -0.1) is 0 Å². The lowest BCUT2D eigenvalue weighted by atomic mass is 10.4. The van der Waals surface area contributed by atoms with Crippen LogP contribution in [0, 0.1) is 0 Å². The Hall–Kier alpha value is -1.73. The van der Waals surface area contributed by atoms with E-state index in [-0.39, 0.29) is 26.1 Å². The first-order valence-corrected chi connectivity index (χ1v) is 4.28. The van der Waals surface area contributed by atoms with Gasteiger partial charge in [-0.05, 0) is 0 Å². The molecule has 0 bridgehead atoms. The fourth-order valence-electron chi connectivity index (χ4n) is 0.433. The number of cyclic esters (lactones) is 2. The van der Waals surface area contributed by atoms with Crippen LogP contribution in [0.4, 0.5) is 0 Å². The zero-order valence-corrected chi connectivity index (χ0v) is 8.59. The summed E-state index contributed by atoms with van der Waals surface area (Å²) in [6.07, 6.45) is 1.36. The van der Waals surface area contributed by atoms with Crippen LogP contribution >= 0.6 is 0 Å². The lowest BCUT2D eigenvalue weighted by molar-refractivity contribution is -0.152. The quantitative estimate of drug-likeness (QED) is 0.321. The normalized spacial score (nSPS) is 12.6. The molecule has 1 saturated heterocycles. The van der Waals surface area contributed by atoms with Crippen molar-refractivity contribution in [3.63, 3.8) is 0 Å². The third-order valence-electron chi connectivity index (χ3n) is 1.04. The fraction of sp³-hybridized carbons (Fsp3) is 0.444. The van der Waals surface area contributed by atoms with Crippen LogP contribution in [0.5, 0.6) is 0 Å². The average molecular weight is 234 g/mol. The van der Waals surface area contributed by atoms with E-state index in [1.807, 2.05) is 0 Å². The molecule has 0 amide bonds. The molecule has 0 aromatic carbocycles. The number of aliphatic carboxylic acids is 1. The second-order valence-corrected chi connectivity index (χ2v) is 2.34. The molecule has 1 heterocycles. The van der Waals surface area contributed by atoms with Crippen LogP contribution in [0.25, 0.3) is 0 Å². The number of carboxylic acids is 1. The van der Waals surface area contributed by atoms with Crippen molar-refractivity contribution in [2.75, 3.05) is 13.2 Å².